The maximum atomic E-state index is 8.89. The molecule has 0 N–H and O–H groups in total. The van der Waals surface area contributed by atoms with E-state index < -0.39 is 5.97 Å². The van der Waals surface area contributed by atoms with Crippen molar-refractivity contribution in [2.45, 2.75) is 45.4 Å². The number of carbonyl (C=O) groups is 1. The topological polar surface area (TPSA) is 40.1 Å². The number of hydrogen-bond donors (Lipinski definition) is 0. The van der Waals surface area contributed by atoms with Crippen molar-refractivity contribution >= 4 is 5.97 Å². The molecule has 80 valence electrons. The third-order valence-electron chi connectivity index (χ3n) is 4.00. The summed E-state index contributed by atoms with van der Waals surface area (Å²) in [6, 6.07) is 0. The van der Waals surface area contributed by atoms with Crippen LogP contribution in [0.1, 0.15) is 45.4 Å². The summed E-state index contributed by atoms with van der Waals surface area (Å²) in [6.07, 6.45) is 9.62. The molecule has 0 aromatic rings. The van der Waals surface area contributed by atoms with E-state index in [0.717, 1.165) is 6.92 Å². The van der Waals surface area contributed by atoms with Gasteiger partial charge in [-0.3, -0.25) is 0 Å². The Hall–Kier alpha value is 0.470. The van der Waals surface area contributed by atoms with Gasteiger partial charge in [0.15, 0.2) is 0 Å². The molecule has 3 heteroatoms. The van der Waals surface area contributed by atoms with Crippen LogP contribution in [0.4, 0.5) is 0 Å². The molecule has 0 saturated heterocycles. The summed E-state index contributed by atoms with van der Waals surface area (Å²) in [4.78, 5) is 8.89. The molecule has 4 rings (SSSR count). The molecule has 0 heterocycles. The molecule has 0 aromatic heterocycles. The van der Waals surface area contributed by atoms with Gasteiger partial charge in [0.25, 0.3) is 0 Å². The molecule has 4 aliphatic rings. The van der Waals surface area contributed by atoms with Gasteiger partial charge >= 0.3 is 29.6 Å². The van der Waals surface area contributed by atoms with E-state index in [2.05, 4.69) is 0 Å². The van der Waals surface area contributed by atoms with E-state index >= 15 is 0 Å². The van der Waals surface area contributed by atoms with Crippen LogP contribution in [-0.4, -0.2) is 5.97 Å². The molecule has 0 spiro atoms. The maximum Gasteiger partial charge on any atom is 1.00 e. The van der Waals surface area contributed by atoms with Crippen molar-refractivity contribution in [3.63, 3.8) is 0 Å². The quantitative estimate of drug-likeness (QED) is 0.469. The second-order valence-corrected chi connectivity index (χ2v) is 5.37. The van der Waals surface area contributed by atoms with Crippen molar-refractivity contribution < 1.29 is 39.5 Å². The van der Waals surface area contributed by atoms with Crippen LogP contribution in [-0.2, 0) is 4.79 Å². The first-order valence-corrected chi connectivity index (χ1v) is 5.81. The van der Waals surface area contributed by atoms with Gasteiger partial charge in [-0.1, -0.05) is 0 Å². The number of carboxylic acids is 1. The fraction of sp³-hybridized carbons (Fsp3) is 0.917. The molecule has 4 aliphatic carbocycles. The van der Waals surface area contributed by atoms with Gasteiger partial charge in [-0.25, -0.2) is 0 Å². The molecular weight excluding hydrogens is 199 g/mol. The first kappa shape index (κ1) is 13.5. The Bertz CT molecular complexity index is 167. The van der Waals surface area contributed by atoms with Crippen LogP contribution in [0.3, 0.4) is 0 Å². The van der Waals surface area contributed by atoms with Gasteiger partial charge in [0.2, 0.25) is 0 Å². The molecule has 15 heavy (non-hydrogen) atoms. The Balaban J connectivity index is 0.000000200. The van der Waals surface area contributed by atoms with E-state index in [1.165, 1.54) is 23.7 Å². The van der Waals surface area contributed by atoms with E-state index in [0.29, 0.717) is 0 Å². The molecule has 2 nitrogen and oxygen atoms in total. The van der Waals surface area contributed by atoms with Gasteiger partial charge in [-0.15, -0.1) is 0 Å². The second-order valence-electron chi connectivity index (χ2n) is 5.37. The second kappa shape index (κ2) is 5.70. The molecular formula is C12H19NaO2. The summed E-state index contributed by atoms with van der Waals surface area (Å²) < 4.78 is 0. The Kier molecular flexibility index (Phi) is 5.14. The average Bonchev–Trinajstić information content (AvgIpc) is 1.98. The molecule has 0 amide bonds. The monoisotopic (exact) mass is 218 g/mol. The minimum absolute atomic E-state index is 0. The van der Waals surface area contributed by atoms with Gasteiger partial charge in [0, 0.05) is 5.97 Å². The number of aliphatic carboxylic acids is 1. The average molecular weight is 218 g/mol. The van der Waals surface area contributed by atoms with Gasteiger partial charge in [0.05, 0.1) is 0 Å². The van der Waals surface area contributed by atoms with Crippen LogP contribution in [0.5, 0.6) is 0 Å². The van der Waals surface area contributed by atoms with Crippen LogP contribution in [0.2, 0.25) is 0 Å². The van der Waals surface area contributed by atoms with E-state index in [1.54, 1.807) is 38.5 Å². The summed E-state index contributed by atoms with van der Waals surface area (Å²) in [6.45, 7) is 0.972. The Morgan fingerprint density at radius 1 is 0.867 bits per heavy atom. The zero-order chi connectivity index (χ0) is 10.1. The summed E-state index contributed by atoms with van der Waals surface area (Å²) in [5, 5.41) is 8.89. The van der Waals surface area contributed by atoms with Crippen molar-refractivity contribution in [1.82, 2.24) is 0 Å². The fourth-order valence-electron chi connectivity index (χ4n) is 3.98. The van der Waals surface area contributed by atoms with E-state index in [1.807, 2.05) is 0 Å². The number of hydrogen-bond acceptors (Lipinski definition) is 2. The van der Waals surface area contributed by atoms with Crippen molar-refractivity contribution in [2.75, 3.05) is 0 Å². The van der Waals surface area contributed by atoms with Crippen molar-refractivity contribution in [2.24, 2.45) is 23.7 Å². The molecule has 4 fully saturated rings. The Morgan fingerprint density at radius 2 is 1.00 bits per heavy atom. The van der Waals surface area contributed by atoms with Crippen LogP contribution >= 0.6 is 0 Å². The van der Waals surface area contributed by atoms with Gasteiger partial charge in [0.1, 0.15) is 0 Å². The smallest absolute Gasteiger partial charge is 0.550 e. The number of carboxylic acid groups (broad SMARTS) is 1. The predicted molar refractivity (Wildman–Crippen MR) is 52.3 cm³/mol. The third-order valence-corrected chi connectivity index (χ3v) is 4.00. The first-order valence-electron chi connectivity index (χ1n) is 5.81. The van der Waals surface area contributed by atoms with Gasteiger partial charge in [-0.2, -0.15) is 0 Å². The molecule has 0 radical (unpaired) electrons. The molecule has 0 atom stereocenters. The zero-order valence-electron chi connectivity index (χ0n) is 9.87. The predicted octanol–water partition coefficient (Wildman–Crippen LogP) is -1.41. The Labute approximate surface area is 114 Å². The molecule has 4 bridgehead atoms. The van der Waals surface area contributed by atoms with Gasteiger partial charge in [-0.05, 0) is 69.1 Å². The van der Waals surface area contributed by atoms with Gasteiger partial charge < -0.3 is 9.90 Å². The SMILES string of the molecule is C1C2CC3CC1CC(C2)C3.CC(=O)[O-].[Na+]. The summed E-state index contributed by atoms with van der Waals surface area (Å²) in [7, 11) is 0. The third kappa shape index (κ3) is 3.76. The van der Waals surface area contributed by atoms with Crippen molar-refractivity contribution in [3.05, 3.63) is 0 Å². The Morgan fingerprint density at radius 3 is 1.13 bits per heavy atom. The van der Waals surface area contributed by atoms with Crippen LogP contribution < -0.4 is 34.7 Å². The summed E-state index contributed by atoms with van der Waals surface area (Å²) in [5.41, 5.74) is 0. The minimum Gasteiger partial charge on any atom is -0.550 e. The zero-order valence-corrected chi connectivity index (χ0v) is 11.9. The molecule has 0 aromatic carbocycles. The minimum atomic E-state index is -1.08. The molecule has 0 aliphatic heterocycles. The fourth-order valence-corrected chi connectivity index (χ4v) is 3.98. The normalized spacial score (nSPS) is 40.1. The van der Waals surface area contributed by atoms with Crippen LogP contribution in [0.25, 0.3) is 0 Å². The van der Waals surface area contributed by atoms with E-state index in [4.69, 9.17) is 9.90 Å². The van der Waals surface area contributed by atoms with E-state index in [-0.39, 0.29) is 29.6 Å². The maximum absolute atomic E-state index is 8.89. The largest absolute Gasteiger partial charge is 1.00 e. The number of rotatable bonds is 0. The van der Waals surface area contributed by atoms with Crippen molar-refractivity contribution in [1.29, 1.82) is 0 Å². The van der Waals surface area contributed by atoms with Crippen LogP contribution in [0.15, 0.2) is 0 Å². The standard InChI is InChI=1S/C10H16.C2H4O2.Na/c1-7-2-9-4-8(1)5-10(3-7)6-9;1-2(3)4;/h7-10H,1-6H2;1H3,(H,3,4);/q;;+1/p-1. The molecule has 4 saturated carbocycles. The summed E-state index contributed by atoms with van der Waals surface area (Å²) in [5.74, 6) is 3.62. The van der Waals surface area contributed by atoms with E-state index in [9.17, 15) is 0 Å². The summed E-state index contributed by atoms with van der Waals surface area (Å²) >= 11 is 0. The number of carbonyl (C=O) groups excluding carboxylic acids is 1. The first-order chi connectivity index (χ1) is 6.63. The van der Waals surface area contributed by atoms with Crippen molar-refractivity contribution in [3.8, 4) is 0 Å². The molecule has 0 unspecified atom stereocenters. The van der Waals surface area contributed by atoms with Crippen LogP contribution in [0, 0.1) is 23.7 Å².